The van der Waals surface area contributed by atoms with Gasteiger partial charge in [0.1, 0.15) is 0 Å². The fourth-order valence-electron chi connectivity index (χ4n) is 0.983. The minimum Gasteiger partial charge on any atom is -0.504 e. The van der Waals surface area contributed by atoms with E-state index in [2.05, 4.69) is 4.98 Å². The van der Waals surface area contributed by atoms with Crippen molar-refractivity contribution in [2.24, 2.45) is 0 Å². The molecule has 0 aliphatic carbocycles. The van der Waals surface area contributed by atoms with E-state index >= 15 is 0 Å². The van der Waals surface area contributed by atoms with Crippen LogP contribution in [0.25, 0.3) is 5.57 Å². The Kier molecular flexibility index (Phi) is 3.20. The number of hydrogen-bond acceptors (Lipinski definition) is 3. The Balaban J connectivity index is 3.01. The van der Waals surface area contributed by atoms with Crippen LogP contribution in [-0.2, 0) is 4.74 Å². The normalized spacial score (nSPS) is 11.1. The lowest BCUT2D eigenvalue weighted by Gasteiger charge is -2.00. The van der Waals surface area contributed by atoms with Gasteiger partial charge in [-0.15, -0.1) is 0 Å². The molecule has 1 aromatic rings. The van der Waals surface area contributed by atoms with E-state index < -0.39 is 0 Å². The van der Waals surface area contributed by atoms with Crippen LogP contribution in [0.1, 0.15) is 22.8 Å². The van der Waals surface area contributed by atoms with E-state index in [1.165, 1.54) is 6.20 Å². The zero-order valence-electron chi connectivity index (χ0n) is 7.65. The lowest BCUT2D eigenvalue weighted by molar-refractivity contribution is 0.112. The number of aldehydes is 1. The highest BCUT2D eigenvalue weighted by molar-refractivity contribution is 5.76. The molecule has 0 N–H and O–H groups in total. The van der Waals surface area contributed by atoms with Crippen molar-refractivity contribution in [2.45, 2.75) is 6.92 Å². The highest BCUT2D eigenvalue weighted by Gasteiger charge is 1.97. The van der Waals surface area contributed by atoms with Gasteiger partial charge >= 0.3 is 0 Å². The van der Waals surface area contributed by atoms with Gasteiger partial charge in [0.15, 0.2) is 6.29 Å². The SMILES string of the molecule is COC=C(C)c1cncc(C=O)c1. The summed E-state index contributed by atoms with van der Waals surface area (Å²) in [5.74, 6) is 0. The van der Waals surface area contributed by atoms with Crippen molar-refractivity contribution in [2.75, 3.05) is 7.11 Å². The highest BCUT2D eigenvalue weighted by Crippen LogP contribution is 2.12. The van der Waals surface area contributed by atoms with E-state index in [9.17, 15) is 4.79 Å². The van der Waals surface area contributed by atoms with Gasteiger partial charge < -0.3 is 4.74 Å². The maximum absolute atomic E-state index is 10.4. The van der Waals surface area contributed by atoms with Gasteiger partial charge in [-0.3, -0.25) is 9.78 Å². The average molecular weight is 177 g/mol. The van der Waals surface area contributed by atoms with Crippen molar-refractivity contribution in [3.63, 3.8) is 0 Å². The van der Waals surface area contributed by atoms with E-state index in [0.29, 0.717) is 5.56 Å². The van der Waals surface area contributed by atoms with Crippen LogP contribution >= 0.6 is 0 Å². The number of aromatic nitrogens is 1. The van der Waals surface area contributed by atoms with Crippen LogP contribution in [-0.4, -0.2) is 18.4 Å². The first-order chi connectivity index (χ1) is 6.27. The molecule has 0 radical (unpaired) electrons. The van der Waals surface area contributed by atoms with Gasteiger partial charge in [0.2, 0.25) is 0 Å². The molecule has 0 amide bonds. The molecule has 13 heavy (non-hydrogen) atoms. The zero-order valence-corrected chi connectivity index (χ0v) is 7.65. The number of hydrogen-bond donors (Lipinski definition) is 0. The molecule has 0 fully saturated rings. The molecule has 0 unspecified atom stereocenters. The van der Waals surface area contributed by atoms with Gasteiger partial charge in [-0.05, 0) is 24.1 Å². The maximum atomic E-state index is 10.4. The fraction of sp³-hybridized carbons (Fsp3) is 0.200. The molecule has 0 aliphatic rings. The summed E-state index contributed by atoms with van der Waals surface area (Å²) < 4.78 is 4.85. The maximum Gasteiger partial charge on any atom is 0.151 e. The number of allylic oxidation sites excluding steroid dienone is 1. The van der Waals surface area contributed by atoms with E-state index in [4.69, 9.17) is 4.74 Å². The number of methoxy groups -OCH3 is 1. The summed E-state index contributed by atoms with van der Waals surface area (Å²) >= 11 is 0. The molecular formula is C10H11NO2. The van der Waals surface area contributed by atoms with Crippen LogP contribution in [0, 0.1) is 0 Å². The first-order valence-corrected chi connectivity index (χ1v) is 3.88. The number of carbonyl (C=O) groups is 1. The van der Waals surface area contributed by atoms with E-state index in [0.717, 1.165) is 17.4 Å². The fourth-order valence-corrected chi connectivity index (χ4v) is 0.983. The third-order valence-corrected chi connectivity index (χ3v) is 1.65. The van der Waals surface area contributed by atoms with Gasteiger partial charge in [0, 0.05) is 18.0 Å². The third kappa shape index (κ3) is 2.40. The largest absolute Gasteiger partial charge is 0.504 e. The van der Waals surface area contributed by atoms with Gasteiger partial charge in [0.05, 0.1) is 13.4 Å². The summed E-state index contributed by atoms with van der Waals surface area (Å²) in [5.41, 5.74) is 2.41. The molecule has 0 aliphatic heterocycles. The van der Waals surface area contributed by atoms with Crippen molar-refractivity contribution in [1.82, 2.24) is 4.98 Å². The van der Waals surface area contributed by atoms with Crippen LogP contribution in [0.5, 0.6) is 0 Å². The molecular weight excluding hydrogens is 166 g/mol. The van der Waals surface area contributed by atoms with Crippen LogP contribution < -0.4 is 0 Å². The predicted molar refractivity (Wildman–Crippen MR) is 50.3 cm³/mol. The quantitative estimate of drug-likeness (QED) is 0.523. The smallest absolute Gasteiger partial charge is 0.151 e. The Labute approximate surface area is 77.1 Å². The van der Waals surface area contributed by atoms with Gasteiger partial charge in [0.25, 0.3) is 0 Å². The molecule has 0 bridgehead atoms. The number of rotatable bonds is 3. The number of ether oxygens (including phenoxy) is 1. The monoisotopic (exact) mass is 177 g/mol. The highest BCUT2D eigenvalue weighted by atomic mass is 16.5. The summed E-state index contributed by atoms with van der Waals surface area (Å²) in [6.45, 7) is 1.90. The Hall–Kier alpha value is -1.64. The molecule has 0 aromatic carbocycles. The lowest BCUT2D eigenvalue weighted by atomic mass is 10.1. The van der Waals surface area contributed by atoms with Gasteiger partial charge in [-0.1, -0.05) is 0 Å². The zero-order chi connectivity index (χ0) is 9.68. The van der Waals surface area contributed by atoms with Crippen LogP contribution in [0.4, 0.5) is 0 Å². The molecule has 68 valence electrons. The summed E-state index contributed by atoms with van der Waals surface area (Å²) in [4.78, 5) is 14.4. The summed E-state index contributed by atoms with van der Waals surface area (Å²) in [6, 6.07) is 1.77. The minimum atomic E-state index is 0.571. The Morgan fingerprint density at radius 2 is 2.31 bits per heavy atom. The standard InChI is InChI=1S/C10H11NO2/c1-8(7-13-2)10-3-9(6-12)4-11-5-10/h3-7H,1-2H3. The first-order valence-electron chi connectivity index (χ1n) is 3.88. The topological polar surface area (TPSA) is 39.2 Å². The van der Waals surface area contributed by atoms with Crippen LogP contribution in [0.15, 0.2) is 24.7 Å². The summed E-state index contributed by atoms with van der Waals surface area (Å²) in [6.07, 6.45) is 5.61. The Bertz CT molecular complexity index is 331. The molecule has 3 heteroatoms. The van der Waals surface area contributed by atoms with Crippen LogP contribution in [0.2, 0.25) is 0 Å². The van der Waals surface area contributed by atoms with Crippen LogP contribution in [0.3, 0.4) is 0 Å². The van der Waals surface area contributed by atoms with Crippen molar-refractivity contribution in [3.05, 3.63) is 35.8 Å². The van der Waals surface area contributed by atoms with E-state index in [-0.39, 0.29) is 0 Å². The van der Waals surface area contributed by atoms with Crippen molar-refractivity contribution in [3.8, 4) is 0 Å². The van der Waals surface area contributed by atoms with E-state index in [1.54, 1.807) is 25.6 Å². The molecule has 3 nitrogen and oxygen atoms in total. The summed E-state index contributed by atoms with van der Waals surface area (Å²) in [5, 5.41) is 0. The second-order valence-corrected chi connectivity index (χ2v) is 2.66. The predicted octanol–water partition coefficient (Wildman–Crippen LogP) is 1.90. The van der Waals surface area contributed by atoms with Gasteiger partial charge in [-0.25, -0.2) is 0 Å². The third-order valence-electron chi connectivity index (χ3n) is 1.65. The number of nitrogens with zero attached hydrogens (tertiary/aromatic N) is 1. The first kappa shape index (κ1) is 9.45. The summed E-state index contributed by atoms with van der Waals surface area (Å²) in [7, 11) is 1.58. The van der Waals surface area contributed by atoms with Crippen molar-refractivity contribution in [1.29, 1.82) is 0 Å². The minimum absolute atomic E-state index is 0.571. The molecule has 1 rings (SSSR count). The second kappa shape index (κ2) is 4.40. The molecule has 0 saturated carbocycles. The van der Waals surface area contributed by atoms with Crippen molar-refractivity contribution >= 4 is 11.9 Å². The second-order valence-electron chi connectivity index (χ2n) is 2.66. The van der Waals surface area contributed by atoms with E-state index in [1.807, 2.05) is 6.92 Å². The van der Waals surface area contributed by atoms with Gasteiger partial charge in [-0.2, -0.15) is 0 Å². The number of pyridine rings is 1. The molecule has 0 saturated heterocycles. The molecule has 0 spiro atoms. The number of carbonyl (C=O) groups excluding carboxylic acids is 1. The average Bonchev–Trinajstić information content (AvgIpc) is 2.18. The lowest BCUT2D eigenvalue weighted by Crippen LogP contribution is -1.87. The van der Waals surface area contributed by atoms with Crippen molar-refractivity contribution < 1.29 is 9.53 Å². The Morgan fingerprint density at radius 3 is 2.92 bits per heavy atom. The Morgan fingerprint density at radius 1 is 1.54 bits per heavy atom. The molecule has 1 aromatic heterocycles. The molecule has 0 atom stereocenters. The molecule has 1 heterocycles.